The van der Waals surface area contributed by atoms with E-state index in [9.17, 15) is 4.79 Å². The molecule has 2 aliphatic rings. The number of anilines is 1. The Morgan fingerprint density at radius 3 is 2.65 bits per heavy atom. The lowest BCUT2D eigenvalue weighted by molar-refractivity contribution is -0.152. The first-order valence-corrected chi connectivity index (χ1v) is 8.50. The molecule has 23 heavy (non-hydrogen) atoms. The highest BCUT2D eigenvalue weighted by Gasteiger charge is 2.60. The number of fused-ring (bicyclic) bond motifs is 1. The van der Waals surface area contributed by atoms with Crippen LogP contribution in [0.5, 0.6) is 0 Å². The lowest BCUT2D eigenvalue weighted by Crippen LogP contribution is -2.66. The molecule has 0 bridgehead atoms. The third-order valence-electron chi connectivity index (χ3n) is 5.65. The minimum absolute atomic E-state index is 0.0584. The minimum Gasteiger partial charge on any atom is -0.377 e. The number of nitrogens with one attached hydrogen (secondary N) is 1. The summed E-state index contributed by atoms with van der Waals surface area (Å²) in [7, 11) is 2.06. The highest BCUT2D eigenvalue weighted by atomic mass is 16.5. The van der Waals surface area contributed by atoms with Gasteiger partial charge in [-0.15, -0.1) is 0 Å². The number of para-hydroxylation sites is 1. The van der Waals surface area contributed by atoms with Crippen LogP contribution in [-0.2, 0) is 9.53 Å². The number of amides is 1. The second-order valence-corrected chi connectivity index (χ2v) is 7.74. The van der Waals surface area contributed by atoms with Gasteiger partial charge in [0.2, 0.25) is 5.91 Å². The molecule has 3 rings (SSSR count). The van der Waals surface area contributed by atoms with Crippen molar-refractivity contribution >= 4 is 11.6 Å². The lowest BCUT2D eigenvalue weighted by Gasteiger charge is -2.57. The van der Waals surface area contributed by atoms with Gasteiger partial charge in [0.05, 0.1) is 12.6 Å². The van der Waals surface area contributed by atoms with E-state index >= 15 is 0 Å². The van der Waals surface area contributed by atoms with Gasteiger partial charge in [0.1, 0.15) is 0 Å². The Morgan fingerprint density at radius 2 is 2.00 bits per heavy atom. The summed E-state index contributed by atoms with van der Waals surface area (Å²) in [5.41, 5.74) is 3.28. The summed E-state index contributed by atoms with van der Waals surface area (Å²) < 4.78 is 5.85. The third kappa shape index (κ3) is 2.79. The fourth-order valence-electron chi connectivity index (χ4n) is 4.71. The number of benzene rings is 1. The Morgan fingerprint density at radius 1 is 1.35 bits per heavy atom. The average molecular weight is 316 g/mol. The molecule has 1 aromatic carbocycles. The predicted molar refractivity (Wildman–Crippen MR) is 92.6 cm³/mol. The van der Waals surface area contributed by atoms with Crippen molar-refractivity contribution in [3.05, 3.63) is 29.3 Å². The topological polar surface area (TPSA) is 41.6 Å². The molecule has 3 atom stereocenters. The van der Waals surface area contributed by atoms with Gasteiger partial charge in [0.25, 0.3) is 0 Å². The molecule has 1 aromatic rings. The molecule has 1 aliphatic carbocycles. The van der Waals surface area contributed by atoms with E-state index in [4.69, 9.17) is 4.74 Å². The van der Waals surface area contributed by atoms with Gasteiger partial charge in [-0.2, -0.15) is 0 Å². The largest absolute Gasteiger partial charge is 0.377 e. The number of likely N-dealkylation sites (N-methyl/N-ethyl adjacent to an activating group) is 1. The fourth-order valence-corrected chi connectivity index (χ4v) is 4.71. The Bertz CT molecular complexity index is 591. The van der Waals surface area contributed by atoms with Crippen LogP contribution in [0.15, 0.2) is 18.2 Å². The zero-order valence-electron chi connectivity index (χ0n) is 14.8. The summed E-state index contributed by atoms with van der Waals surface area (Å²) in [4.78, 5) is 14.7. The molecule has 2 fully saturated rings. The average Bonchev–Trinajstić information content (AvgIpc) is 2.89. The first-order valence-electron chi connectivity index (χ1n) is 8.50. The van der Waals surface area contributed by atoms with E-state index in [1.807, 2.05) is 32.0 Å². The van der Waals surface area contributed by atoms with Crippen LogP contribution in [0.25, 0.3) is 0 Å². The van der Waals surface area contributed by atoms with Crippen LogP contribution in [0, 0.1) is 25.2 Å². The summed E-state index contributed by atoms with van der Waals surface area (Å²) in [6.07, 6.45) is 1.47. The Balaban J connectivity index is 1.64. The third-order valence-corrected chi connectivity index (χ3v) is 5.65. The van der Waals surface area contributed by atoms with E-state index in [0.29, 0.717) is 24.6 Å². The zero-order valence-corrected chi connectivity index (χ0v) is 14.8. The number of carbonyl (C=O) groups excluding carboxylic acids is 1. The van der Waals surface area contributed by atoms with Crippen molar-refractivity contribution in [2.24, 2.45) is 11.3 Å². The van der Waals surface area contributed by atoms with Gasteiger partial charge in [0, 0.05) is 29.7 Å². The first kappa shape index (κ1) is 16.5. The molecule has 4 heteroatoms. The van der Waals surface area contributed by atoms with E-state index in [2.05, 4.69) is 31.1 Å². The normalized spacial score (nSPS) is 28.3. The van der Waals surface area contributed by atoms with E-state index in [0.717, 1.165) is 29.8 Å². The molecule has 1 aliphatic heterocycles. The molecule has 1 amide bonds. The van der Waals surface area contributed by atoms with E-state index < -0.39 is 0 Å². The highest BCUT2D eigenvalue weighted by Crippen LogP contribution is 2.54. The number of hydrogen-bond acceptors (Lipinski definition) is 3. The van der Waals surface area contributed by atoms with Crippen molar-refractivity contribution in [3.8, 4) is 0 Å². The number of carbonyl (C=O) groups is 1. The van der Waals surface area contributed by atoms with E-state index in [1.54, 1.807) is 0 Å². The number of rotatable bonds is 4. The Labute approximate surface area is 139 Å². The van der Waals surface area contributed by atoms with Crippen molar-refractivity contribution < 1.29 is 9.53 Å². The van der Waals surface area contributed by atoms with Crippen molar-refractivity contribution in [2.75, 3.05) is 25.5 Å². The van der Waals surface area contributed by atoms with Gasteiger partial charge >= 0.3 is 0 Å². The summed E-state index contributed by atoms with van der Waals surface area (Å²) in [6.45, 7) is 9.85. The minimum atomic E-state index is 0.0584. The molecule has 1 saturated heterocycles. The van der Waals surface area contributed by atoms with Gasteiger partial charge in [-0.05, 0) is 38.4 Å². The fraction of sp³-hybridized carbons (Fsp3) is 0.632. The summed E-state index contributed by atoms with van der Waals surface area (Å²) >= 11 is 0. The van der Waals surface area contributed by atoms with Gasteiger partial charge in [0.15, 0.2) is 0 Å². The monoisotopic (exact) mass is 316 g/mol. The lowest BCUT2D eigenvalue weighted by atomic mass is 9.57. The van der Waals surface area contributed by atoms with E-state index in [1.165, 1.54) is 0 Å². The maximum Gasteiger partial charge on any atom is 0.238 e. The number of nitrogens with zero attached hydrogens (tertiary/aromatic N) is 1. The number of hydrogen-bond donors (Lipinski definition) is 1. The Kier molecular flexibility index (Phi) is 4.23. The van der Waals surface area contributed by atoms with Crippen LogP contribution in [-0.4, -0.2) is 43.2 Å². The molecule has 126 valence electrons. The van der Waals surface area contributed by atoms with Gasteiger partial charge < -0.3 is 10.1 Å². The summed E-state index contributed by atoms with van der Waals surface area (Å²) in [6, 6.07) is 6.49. The smallest absolute Gasteiger partial charge is 0.238 e. The van der Waals surface area contributed by atoms with Crippen LogP contribution in [0.1, 0.15) is 31.4 Å². The molecule has 0 spiro atoms. The van der Waals surface area contributed by atoms with Crippen molar-refractivity contribution in [2.45, 2.75) is 46.3 Å². The molecule has 0 aromatic heterocycles. The van der Waals surface area contributed by atoms with Crippen LogP contribution < -0.4 is 5.32 Å². The van der Waals surface area contributed by atoms with Gasteiger partial charge in [-0.1, -0.05) is 32.0 Å². The SMILES string of the molecule is Cc1cccc(C)c1NC(=O)CN(C)C1C2CCOC2C1(C)C. The van der Waals surface area contributed by atoms with Crippen molar-refractivity contribution in [3.63, 3.8) is 0 Å². The standard InChI is InChI=1S/C19H28N2O2/c1-12-7-6-8-13(2)16(12)20-15(22)11-21(5)17-14-9-10-23-18(14)19(17,3)4/h6-8,14,17-18H,9-11H2,1-5H3,(H,20,22). The molecular weight excluding hydrogens is 288 g/mol. The first-order chi connectivity index (χ1) is 10.8. The number of aryl methyl sites for hydroxylation is 2. The van der Waals surface area contributed by atoms with Crippen LogP contribution in [0.2, 0.25) is 0 Å². The molecule has 1 N–H and O–H groups in total. The van der Waals surface area contributed by atoms with Crippen LogP contribution >= 0.6 is 0 Å². The molecule has 4 nitrogen and oxygen atoms in total. The maximum absolute atomic E-state index is 12.5. The molecular formula is C19H28N2O2. The zero-order chi connectivity index (χ0) is 16.8. The Hall–Kier alpha value is -1.39. The summed E-state index contributed by atoms with van der Waals surface area (Å²) in [5.74, 6) is 0.631. The second-order valence-electron chi connectivity index (χ2n) is 7.74. The van der Waals surface area contributed by atoms with Gasteiger partial charge in [-0.3, -0.25) is 9.69 Å². The second kappa shape index (κ2) is 5.91. The quantitative estimate of drug-likeness (QED) is 0.928. The molecule has 1 heterocycles. The predicted octanol–water partition coefficient (Wildman–Crippen LogP) is 2.99. The molecule has 3 unspecified atom stereocenters. The molecule has 0 radical (unpaired) electrons. The van der Waals surface area contributed by atoms with E-state index in [-0.39, 0.29) is 11.3 Å². The number of ether oxygens (including phenoxy) is 1. The van der Waals surface area contributed by atoms with Crippen molar-refractivity contribution in [1.82, 2.24) is 4.90 Å². The maximum atomic E-state index is 12.5. The molecule has 1 saturated carbocycles. The summed E-state index contributed by atoms with van der Waals surface area (Å²) in [5, 5.41) is 3.09. The van der Waals surface area contributed by atoms with Gasteiger partial charge in [-0.25, -0.2) is 0 Å². The highest BCUT2D eigenvalue weighted by molar-refractivity contribution is 5.93. The van der Waals surface area contributed by atoms with Crippen LogP contribution in [0.4, 0.5) is 5.69 Å². The van der Waals surface area contributed by atoms with Crippen LogP contribution in [0.3, 0.4) is 0 Å². The van der Waals surface area contributed by atoms with Crippen molar-refractivity contribution in [1.29, 1.82) is 0 Å².